The minimum absolute atomic E-state index is 0.158. The van der Waals surface area contributed by atoms with Gasteiger partial charge >= 0.3 is 5.97 Å². The molecular weight excluding hydrogens is 276 g/mol. The predicted molar refractivity (Wildman–Crippen MR) is 78.7 cm³/mol. The highest BCUT2D eigenvalue weighted by atomic mass is 16.6. The number of nitro benzene ring substituents is 1. The second-order valence-electron chi connectivity index (χ2n) is 4.38. The molecule has 1 unspecified atom stereocenters. The van der Waals surface area contributed by atoms with E-state index in [4.69, 9.17) is 9.84 Å². The molecule has 0 aliphatic rings. The molecule has 0 bridgehead atoms. The van der Waals surface area contributed by atoms with E-state index in [9.17, 15) is 14.9 Å². The third-order valence-corrected chi connectivity index (χ3v) is 2.62. The van der Waals surface area contributed by atoms with E-state index < -0.39 is 16.9 Å². The van der Waals surface area contributed by atoms with Crippen LogP contribution in [0.5, 0.6) is 5.75 Å². The molecule has 0 fully saturated rings. The molecule has 1 atom stereocenters. The van der Waals surface area contributed by atoms with Gasteiger partial charge in [0.05, 0.1) is 17.6 Å². The molecule has 0 aliphatic heterocycles. The first kappa shape index (κ1) is 16.5. The Morgan fingerprint density at radius 1 is 1.57 bits per heavy atom. The summed E-state index contributed by atoms with van der Waals surface area (Å²) in [5.74, 6) is -0.728. The zero-order chi connectivity index (χ0) is 15.8. The Morgan fingerprint density at radius 2 is 2.29 bits per heavy atom. The summed E-state index contributed by atoms with van der Waals surface area (Å²) < 4.78 is 5.38. The number of anilines is 1. The number of carboxylic acids is 1. The van der Waals surface area contributed by atoms with Crippen molar-refractivity contribution < 1.29 is 19.6 Å². The second kappa shape index (κ2) is 7.88. The molecule has 7 heteroatoms. The van der Waals surface area contributed by atoms with Crippen LogP contribution in [0, 0.1) is 10.1 Å². The fraction of sp³-hybridized carbons (Fsp3) is 0.357. The van der Waals surface area contributed by atoms with Crippen LogP contribution < -0.4 is 10.1 Å². The van der Waals surface area contributed by atoms with E-state index in [0.29, 0.717) is 18.0 Å². The van der Waals surface area contributed by atoms with Crippen LogP contribution in [0.4, 0.5) is 11.4 Å². The van der Waals surface area contributed by atoms with E-state index in [0.717, 1.165) is 6.42 Å². The standard InChI is InChI=1S/C14H18N2O5/c1-3-5-13(14(17)18)15-10-7-11(16(19)20)9-12(8-10)21-6-4-2/h3,7-9,13,15H,1,4-6H2,2H3,(H,17,18). The molecule has 0 aliphatic carbocycles. The molecular formula is C14H18N2O5. The van der Waals surface area contributed by atoms with Gasteiger partial charge in [0.15, 0.2) is 0 Å². The number of ether oxygens (including phenoxy) is 1. The minimum Gasteiger partial charge on any atom is -0.493 e. The molecule has 2 N–H and O–H groups in total. The smallest absolute Gasteiger partial charge is 0.326 e. The van der Waals surface area contributed by atoms with Gasteiger partial charge in [-0.05, 0) is 12.8 Å². The summed E-state index contributed by atoms with van der Waals surface area (Å²) in [6.07, 6.45) is 2.43. The highest BCUT2D eigenvalue weighted by molar-refractivity contribution is 5.78. The van der Waals surface area contributed by atoms with Crippen molar-refractivity contribution in [3.63, 3.8) is 0 Å². The van der Waals surface area contributed by atoms with Crippen molar-refractivity contribution in [2.45, 2.75) is 25.8 Å². The van der Waals surface area contributed by atoms with Crippen molar-refractivity contribution >= 4 is 17.3 Å². The van der Waals surface area contributed by atoms with Crippen molar-refractivity contribution in [2.75, 3.05) is 11.9 Å². The lowest BCUT2D eigenvalue weighted by Crippen LogP contribution is -2.28. The zero-order valence-corrected chi connectivity index (χ0v) is 11.7. The fourth-order valence-electron chi connectivity index (χ4n) is 1.66. The molecule has 7 nitrogen and oxygen atoms in total. The third kappa shape index (κ3) is 5.13. The average Bonchev–Trinajstić information content (AvgIpc) is 2.44. The van der Waals surface area contributed by atoms with Crippen molar-refractivity contribution in [1.29, 1.82) is 0 Å². The highest BCUT2D eigenvalue weighted by Gasteiger charge is 2.18. The summed E-state index contributed by atoms with van der Waals surface area (Å²) in [5, 5.41) is 22.7. The Bertz CT molecular complexity index is 530. The molecule has 0 saturated heterocycles. The van der Waals surface area contributed by atoms with Gasteiger partial charge in [-0.3, -0.25) is 10.1 Å². The van der Waals surface area contributed by atoms with Crippen molar-refractivity contribution in [2.24, 2.45) is 0 Å². The Balaban J connectivity index is 3.03. The summed E-state index contributed by atoms with van der Waals surface area (Å²) >= 11 is 0. The Kier molecular flexibility index (Phi) is 6.19. The number of carbonyl (C=O) groups is 1. The lowest BCUT2D eigenvalue weighted by atomic mass is 10.2. The van der Waals surface area contributed by atoms with Gasteiger partial charge < -0.3 is 15.2 Å². The predicted octanol–water partition coefficient (Wildman–Crippen LogP) is 2.82. The molecule has 21 heavy (non-hydrogen) atoms. The summed E-state index contributed by atoms with van der Waals surface area (Å²) in [4.78, 5) is 21.5. The van der Waals surface area contributed by atoms with Gasteiger partial charge in [-0.15, -0.1) is 6.58 Å². The maximum atomic E-state index is 11.1. The van der Waals surface area contributed by atoms with Gasteiger partial charge in [-0.25, -0.2) is 4.79 Å². The van der Waals surface area contributed by atoms with Gasteiger partial charge in [0, 0.05) is 17.8 Å². The van der Waals surface area contributed by atoms with E-state index in [-0.39, 0.29) is 12.1 Å². The molecule has 0 aromatic heterocycles. The number of nitro groups is 1. The van der Waals surface area contributed by atoms with Gasteiger partial charge in [-0.1, -0.05) is 13.0 Å². The van der Waals surface area contributed by atoms with Gasteiger partial charge in [0.1, 0.15) is 11.8 Å². The number of hydrogen-bond donors (Lipinski definition) is 2. The van der Waals surface area contributed by atoms with Crippen LogP contribution in [-0.4, -0.2) is 28.6 Å². The number of hydrogen-bond acceptors (Lipinski definition) is 5. The third-order valence-electron chi connectivity index (χ3n) is 2.62. The molecule has 0 heterocycles. The SMILES string of the molecule is C=CCC(Nc1cc(OCCC)cc([N+](=O)[O-])c1)C(=O)O. The molecule has 114 valence electrons. The maximum Gasteiger partial charge on any atom is 0.326 e. The monoisotopic (exact) mass is 294 g/mol. The Hall–Kier alpha value is -2.57. The highest BCUT2D eigenvalue weighted by Crippen LogP contribution is 2.27. The molecule has 0 saturated carbocycles. The Morgan fingerprint density at radius 3 is 2.81 bits per heavy atom. The van der Waals surface area contributed by atoms with E-state index >= 15 is 0 Å². The van der Waals surface area contributed by atoms with E-state index in [2.05, 4.69) is 11.9 Å². The Labute approximate surface area is 122 Å². The molecule has 0 radical (unpaired) electrons. The normalized spacial score (nSPS) is 11.5. The lowest BCUT2D eigenvalue weighted by molar-refractivity contribution is -0.384. The number of nitrogens with zero attached hydrogens (tertiary/aromatic N) is 1. The lowest BCUT2D eigenvalue weighted by Gasteiger charge is -2.15. The average molecular weight is 294 g/mol. The number of benzene rings is 1. The zero-order valence-electron chi connectivity index (χ0n) is 11.7. The van der Waals surface area contributed by atoms with E-state index in [1.165, 1.54) is 18.2 Å². The largest absolute Gasteiger partial charge is 0.493 e. The van der Waals surface area contributed by atoms with E-state index in [1.807, 2.05) is 6.92 Å². The first-order chi connectivity index (χ1) is 9.97. The topological polar surface area (TPSA) is 102 Å². The van der Waals surface area contributed by atoms with Gasteiger partial charge in [0.25, 0.3) is 5.69 Å². The minimum atomic E-state index is -1.06. The van der Waals surface area contributed by atoms with Crippen molar-refractivity contribution in [3.8, 4) is 5.75 Å². The number of rotatable bonds is 9. The van der Waals surface area contributed by atoms with E-state index in [1.54, 1.807) is 6.07 Å². The van der Waals surface area contributed by atoms with Crippen LogP contribution >= 0.6 is 0 Å². The fourth-order valence-corrected chi connectivity index (χ4v) is 1.66. The number of non-ortho nitro benzene ring substituents is 1. The maximum absolute atomic E-state index is 11.1. The quantitative estimate of drug-likeness (QED) is 0.412. The second-order valence-corrected chi connectivity index (χ2v) is 4.38. The molecule has 0 amide bonds. The summed E-state index contributed by atoms with van der Waals surface area (Å²) in [5.41, 5.74) is 0.165. The molecule has 1 aromatic carbocycles. The summed E-state index contributed by atoms with van der Waals surface area (Å²) in [6, 6.07) is 3.23. The van der Waals surface area contributed by atoms with Gasteiger partial charge in [-0.2, -0.15) is 0 Å². The number of aliphatic carboxylic acids is 1. The molecule has 1 aromatic rings. The van der Waals surface area contributed by atoms with Crippen LogP contribution in [-0.2, 0) is 4.79 Å². The first-order valence-corrected chi connectivity index (χ1v) is 6.50. The molecule has 0 spiro atoms. The van der Waals surface area contributed by atoms with Crippen molar-refractivity contribution in [3.05, 3.63) is 41.0 Å². The summed E-state index contributed by atoms with van der Waals surface area (Å²) in [6.45, 7) is 5.84. The molecule has 1 rings (SSSR count). The number of carboxylic acid groups (broad SMARTS) is 1. The van der Waals surface area contributed by atoms with Gasteiger partial charge in [0.2, 0.25) is 0 Å². The van der Waals surface area contributed by atoms with Crippen LogP contribution in [0.1, 0.15) is 19.8 Å². The number of nitrogens with one attached hydrogen (secondary N) is 1. The van der Waals surface area contributed by atoms with Crippen molar-refractivity contribution in [1.82, 2.24) is 0 Å². The van der Waals surface area contributed by atoms with Crippen LogP contribution in [0.2, 0.25) is 0 Å². The summed E-state index contributed by atoms with van der Waals surface area (Å²) in [7, 11) is 0. The van der Waals surface area contributed by atoms with Crippen LogP contribution in [0.15, 0.2) is 30.9 Å². The van der Waals surface area contributed by atoms with Crippen LogP contribution in [0.25, 0.3) is 0 Å². The first-order valence-electron chi connectivity index (χ1n) is 6.50. The van der Waals surface area contributed by atoms with Crippen LogP contribution in [0.3, 0.4) is 0 Å².